The molecule has 3 heteroatoms. The molecule has 0 aliphatic carbocycles. The van der Waals surface area contributed by atoms with Crippen LogP contribution < -0.4 is 0 Å². The summed E-state index contributed by atoms with van der Waals surface area (Å²) < 4.78 is 10.9. The fraction of sp³-hybridized carbons (Fsp3) is 0.533. The number of benzene rings is 1. The van der Waals surface area contributed by atoms with E-state index in [1.807, 2.05) is 58.9 Å². The van der Waals surface area contributed by atoms with Crippen LogP contribution in [0.1, 0.15) is 38.8 Å². The molecule has 1 saturated heterocycles. The summed E-state index contributed by atoms with van der Waals surface area (Å²) in [5.74, 6) is -0.287. The molecule has 2 unspecified atom stereocenters. The molecule has 1 aromatic carbocycles. The van der Waals surface area contributed by atoms with E-state index in [9.17, 15) is 4.79 Å². The fourth-order valence-electron chi connectivity index (χ4n) is 1.94. The number of esters is 1. The van der Waals surface area contributed by atoms with Gasteiger partial charge in [0, 0.05) is 0 Å². The highest BCUT2D eigenvalue weighted by atomic mass is 16.7. The van der Waals surface area contributed by atoms with E-state index in [0.29, 0.717) is 0 Å². The summed E-state index contributed by atoms with van der Waals surface area (Å²) >= 11 is 0. The Labute approximate surface area is 108 Å². The summed E-state index contributed by atoms with van der Waals surface area (Å²) in [7, 11) is 0. The third-order valence-electron chi connectivity index (χ3n) is 3.05. The van der Waals surface area contributed by atoms with Gasteiger partial charge in [-0.2, -0.15) is 0 Å². The van der Waals surface area contributed by atoms with Gasteiger partial charge in [-0.1, -0.05) is 29.8 Å². The Kier molecular flexibility index (Phi) is 2.98. The highest BCUT2D eigenvalue weighted by molar-refractivity contribution is 5.80. The summed E-state index contributed by atoms with van der Waals surface area (Å²) in [5, 5.41) is 0. The molecule has 1 aromatic rings. The molecule has 1 aliphatic heterocycles. The van der Waals surface area contributed by atoms with Crippen LogP contribution in [0.4, 0.5) is 0 Å². The second kappa shape index (κ2) is 4.09. The van der Waals surface area contributed by atoms with E-state index in [-0.39, 0.29) is 5.97 Å². The Morgan fingerprint density at radius 2 is 1.83 bits per heavy atom. The van der Waals surface area contributed by atoms with Gasteiger partial charge in [0.15, 0.2) is 6.10 Å². The van der Waals surface area contributed by atoms with E-state index in [1.165, 1.54) is 5.56 Å². The van der Waals surface area contributed by atoms with E-state index in [0.717, 1.165) is 5.56 Å². The zero-order valence-corrected chi connectivity index (χ0v) is 11.6. The van der Waals surface area contributed by atoms with Crippen molar-refractivity contribution >= 4 is 5.97 Å². The van der Waals surface area contributed by atoms with Gasteiger partial charge in [0.05, 0.1) is 0 Å². The molecular formula is C15H20O3. The Balaban J connectivity index is 2.09. The number of hydrogen-bond acceptors (Lipinski definition) is 3. The van der Waals surface area contributed by atoms with Crippen LogP contribution in [0.5, 0.6) is 0 Å². The lowest BCUT2D eigenvalue weighted by molar-refractivity contribution is -0.156. The van der Waals surface area contributed by atoms with E-state index < -0.39 is 17.3 Å². The summed E-state index contributed by atoms with van der Waals surface area (Å²) in [6, 6.07) is 8.04. The number of rotatable bonds is 2. The van der Waals surface area contributed by atoms with Crippen molar-refractivity contribution in [1.29, 1.82) is 0 Å². The van der Waals surface area contributed by atoms with Crippen LogP contribution in [-0.4, -0.2) is 17.7 Å². The van der Waals surface area contributed by atoms with Crippen LogP contribution >= 0.6 is 0 Å². The van der Waals surface area contributed by atoms with Gasteiger partial charge in [-0.25, -0.2) is 4.79 Å². The number of aryl methyl sites for hydroxylation is 1. The quantitative estimate of drug-likeness (QED) is 0.596. The third-order valence-corrected chi connectivity index (χ3v) is 3.05. The predicted molar refractivity (Wildman–Crippen MR) is 69.2 cm³/mol. The Hall–Kier alpha value is -1.35. The molecule has 0 N–H and O–H groups in total. The first-order valence-corrected chi connectivity index (χ1v) is 6.20. The van der Waals surface area contributed by atoms with Crippen molar-refractivity contribution in [3.8, 4) is 0 Å². The van der Waals surface area contributed by atoms with Crippen LogP contribution in [0, 0.1) is 6.92 Å². The minimum absolute atomic E-state index is 0.287. The van der Waals surface area contributed by atoms with Gasteiger partial charge in [0.2, 0.25) is 0 Å². The first-order chi connectivity index (χ1) is 8.22. The van der Waals surface area contributed by atoms with Crippen LogP contribution in [0.15, 0.2) is 24.3 Å². The maximum Gasteiger partial charge on any atom is 0.339 e. The van der Waals surface area contributed by atoms with Gasteiger partial charge in [-0.15, -0.1) is 0 Å². The summed E-state index contributed by atoms with van der Waals surface area (Å²) in [6.07, 6.45) is -0.487. The number of carbonyl (C=O) groups excluding carboxylic acids is 1. The smallest absolute Gasteiger partial charge is 0.339 e. The molecule has 0 radical (unpaired) electrons. The van der Waals surface area contributed by atoms with Gasteiger partial charge in [-0.05, 0) is 40.2 Å². The predicted octanol–water partition coefficient (Wildman–Crippen LogP) is 2.95. The monoisotopic (exact) mass is 248 g/mol. The van der Waals surface area contributed by atoms with E-state index in [2.05, 4.69) is 0 Å². The van der Waals surface area contributed by atoms with Crippen LogP contribution in [-0.2, 0) is 19.9 Å². The standard InChI is InChI=1S/C15H20O3/c1-10-6-8-11(9-7-10)15(5)12(17-15)13(16)18-14(2,3)4/h6-9,12H,1-5H3. The average molecular weight is 248 g/mol. The molecule has 18 heavy (non-hydrogen) atoms. The lowest BCUT2D eigenvalue weighted by Crippen LogP contribution is -2.28. The molecule has 0 spiro atoms. The summed E-state index contributed by atoms with van der Waals surface area (Å²) in [5.41, 5.74) is 1.20. The van der Waals surface area contributed by atoms with Crippen LogP contribution in [0.2, 0.25) is 0 Å². The number of hydrogen-bond donors (Lipinski definition) is 0. The molecule has 2 rings (SSSR count). The maximum atomic E-state index is 11.9. The van der Waals surface area contributed by atoms with Crippen molar-refractivity contribution in [1.82, 2.24) is 0 Å². The zero-order valence-electron chi connectivity index (χ0n) is 11.6. The van der Waals surface area contributed by atoms with Crippen LogP contribution in [0.3, 0.4) is 0 Å². The zero-order chi connectivity index (χ0) is 13.6. The minimum atomic E-state index is -0.532. The molecular weight excluding hydrogens is 228 g/mol. The Morgan fingerprint density at radius 1 is 1.28 bits per heavy atom. The van der Waals surface area contributed by atoms with Gasteiger partial charge >= 0.3 is 5.97 Å². The molecule has 1 heterocycles. The molecule has 2 atom stereocenters. The second-order valence-electron chi connectivity index (χ2n) is 6.00. The lowest BCUT2D eigenvalue weighted by atomic mass is 9.96. The molecule has 1 aliphatic rings. The van der Waals surface area contributed by atoms with Gasteiger partial charge in [0.1, 0.15) is 11.2 Å². The van der Waals surface area contributed by atoms with E-state index in [4.69, 9.17) is 9.47 Å². The molecule has 98 valence electrons. The first kappa shape index (κ1) is 13.1. The number of ether oxygens (including phenoxy) is 2. The number of carbonyl (C=O) groups is 1. The normalized spacial score (nSPS) is 26.8. The topological polar surface area (TPSA) is 38.8 Å². The molecule has 0 aromatic heterocycles. The highest BCUT2D eigenvalue weighted by Crippen LogP contribution is 2.46. The van der Waals surface area contributed by atoms with Crippen molar-refractivity contribution in [3.05, 3.63) is 35.4 Å². The SMILES string of the molecule is Cc1ccc(C2(C)OC2C(=O)OC(C)(C)C)cc1. The van der Waals surface area contributed by atoms with Gasteiger partial charge in [-0.3, -0.25) is 0 Å². The molecule has 0 amide bonds. The Bertz CT molecular complexity index is 456. The van der Waals surface area contributed by atoms with Gasteiger partial charge < -0.3 is 9.47 Å². The van der Waals surface area contributed by atoms with Crippen LogP contribution in [0.25, 0.3) is 0 Å². The van der Waals surface area contributed by atoms with Crippen molar-refractivity contribution in [3.63, 3.8) is 0 Å². The van der Waals surface area contributed by atoms with E-state index >= 15 is 0 Å². The first-order valence-electron chi connectivity index (χ1n) is 6.20. The maximum absolute atomic E-state index is 11.9. The van der Waals surface area contributed by atoms with Crippen molar-refractivity contribution in [2.24, 2.45) is 0 Å². The highest BCUT2D eigenvalue weighted by Gasteiger charge is 2.59. The third kappa shape index (κ3) is 2.56. The second-order valence-corrected chi connectivity index (χ2v) is 6.00. The van der Waals surface area contributed by atoms with Crippen molar-refractivity contribution in [2.75, 3.05) is 0 Å². The largest absolute Gasteiger partial charge is 0.458 e. The minimum Gasteiger partial charge on any atom is -0.458 e. The molecule has 1 fully saturated rings. The fourth-order valence-corrected chi connectivity index (χ4v) is 1.94. The average Bonchev–Trinajstić information content (AvgIpc) is 2.90. The van der Waals surface area contributed by atoms with E-state index in [1.54, 1.807) is 0 Å². The molecule has 0 bridgehead atoms. The number of epoxide rings is 1. The summed E-state index contributed by atoms with van der Waals surface area (Å²) in [6.45, 7) is 9.53. The van der Waals surface area contributed by atoms with Crippen molar-refractivity contribution in [2.45, 2.75) is 51.9 Å². The lowest BCUT2D eigenvalue weighted by Gasteiger charge is -2.19. The summed E-state index contributed by atoms with van der Waals surface area (Å²) in [4.78, 5) is 11.9. The molecule has 3 nitrogen and oxygen atoms in total. The Morgan fingerprint density at radius 3 is 2.33 bits per heavy atom. The molecule has 0 saturated carbocycles. The van der Waals surface area contributed by atoms with Gasteiger partial charge in [0.25, 0.3) is 0 Å². The van der Waals surface area contributed by atoms with Crippen molar-refractivity contribution < 1.29 is 14.3 Å².